The monoisotopic (exact) mass is 342 g/mol. The number of anilines is 1. The third-order valence-electron chi connectivity index (χ3n) is 4.79. The Bertz CT molecular complexity index is 703. The van der Waals surface area contributed by atoms with E-state index in [0.717, 1.165) is 30.2 Å². The maximum atomic E-state index is 12.7. The molecule has 6 nitrogen and oxygen atoms in total. The van der Waals surface area contributed by atoms with E-state index in [1.807, 2.05) is 43.3 Å². The molecule has 0 bridgehead atoms. The van der Waals surface area contributed by atoms with Gasteiger partial charge in [0.05, 0.1) is 0 Å². The molecular formula is C19H26N4O2. The van der Waals surface area contributed by atoms with Crippen LogP contribution < -0.4 is 4.90 Å². The summed E-state index contributed by atoms with van der Waals surface area (Å²) in [4.78, 5) is 16.6. The van der Waals surface area contributed by atoms with E-state index in [9.17, 15) is 9.90 Å². The number of nitrogens with one attached hydrogen (secondary N) is 1. The molecule has 1 amide bonds. The summed E-state index contributed by atoms with van der Waals surface area (Å²) in [6.45, 7) is 6.26. The van der Waals surface area contributed by atoms with Gasteiger partial charge in [-0.1, -0.05) is 30.3 Å². The molecular weight excluding hydrogens is 316 g/mol. The number of carbonyl (C=O) groups is 1. The van der Waals surface area contributed by atoms with Crippen molar-refractivity contribution in [1.82, 2.24) is 15.1 Å². The molecule has 1 aliphatic heterocycles. The van der Waals surface area contributed by atoms with Crippen LogP contribution in [0.2, 0.25) is 0 Å². The molecule has 1 aliphatic rings. The van der Waals surface area contributed by atoms with Crippen LogP contribution in [0.15, 0.2) is 36.4 Å². The zero-order valence-corrected chi connectivity index (χ0v) is 14.9. The number of aromatic nitrogens is 2. The number of carbonyl (C=O) groups excluding carboxylic acids is 1. The number of amides is 1. The van der Waals surface area contributed by atoms with Crippen molar-refractivity contribution in [3.8, 4) is 0 Å². The Kier molecular flexibility index (Phi) is 5.08. The number of H-pyrrole nitrogens is 1. The Hall–Kier alpha value is -2.34. The first-order valence-corrected chi connectivity index (χ1v) is 8.78. The predicted octanol–water partition coefficient (Wildman–Crippen LogP) is 1.75. The second-order valence-corrected chi connectivity index (χ2v) is 6.95. The summed E-state index contributed by atoms with van der Waals surface area (Å²) in [5, 5.41) is 17.9. The van der Waals surface area contributed by atoms with Crippen LogP contribution in [0, 0.1) is 6.92 Å². The number of aliphatic hydroxyl groups is 1. The maximum absolute atomic E-state index is 12.7. The van der Waals surface area contributed by atoms with Gasteiger partial charge < -0.3 is 14.9 Å². The summed E-state index contributed by atoms with van der Waals surface area (Å²) in [5.41, 5.74) is 0.827. The lowest BCUT2D eigenvalue weighted by molar-refractivity contribution is -0.150. The largest absolute Gasteiger partial charge is 0.380 e. The zero-order chi connectivity index (χ0) is 17.9. The van der Waals surface area contributed by atoms with Gasteiger partial charge in [0.2, 0.25) is 0 Å². The van der Waals surface area contributed by atoms with E-state index in [2.05, 4.69) is 15.1 Å². The third-order valence-corrected chi connectivity index (χ3v) is 4.79. The van der Waals surface area contributed by atoms with Gasteiger partial charge in [0.25, 0.3) is 5.91 Å². The van der Waals surface area contributed by atoms with E-state index in [0.29, 0.717) is 25.9 Å². The summed E-state index contributed by atoms with van der Waals surface area (Å²) in [7, 11) is 0. The fourth-order valence-electron chi connectivity index (χ4n) is 3.18. The van der Waals surface area contributed by atoms with Crippen molar-refractivity contribution in [2.24, 2.45) is 0 Å². The van der Waals surface area contributed by atoms with Gasteiger partial charge in [0.1, 0.15) is 5.60 Å². The second-order valence-electron chi connectivity index (χ2n) is 6.95. The number of hydrogen-bond donors (Lipinski definition) is 2. The molecule has 2 aromatic rings. The van der Waals surface area contributed by atoms with Crippen LogP contribution in [-0.4, -0.2) is 57.9 Å². The predicted molar refractivity (Wildman–Crippen MR) is 97.5 cm³/mol. The van der Waals surface area contributed by atoms with Crippen molar-refractivity contribution in [3.05, 3.63) is 47.7 Å². The van der Waals surface area contributed by atoms with E-state index >= 15 is 0 Å². The molecule has 1 fully saturated rings. The number of nitrogens with zero attached hydrogens (tertiary/aromatic N) is 3. The number of rotatable bonds is 5. The molecule has 2 heterocycles. The Labute approximate surface area is 148 Å². The third kappa shape index (κ3) is 4.20. The average Bonchev–Trinajstić information content (AvgIpc) is 3.07. The van der Waals surface area contributed by atoms with Gasteiger partial charge in [-0.3, -0.25) is 9.89 Å². The molecule has 1 aromatic carbocycles. The number of piperazine rings is 1. The van der Waals surface area contributed by atoms with E-state index in [4.69, 9.17) is 0 Å². The van der Waals surface area contributed by atoms with Crippen LogP contribution in [0.1, 0.15) is 24.6 Å². The number of aromatic amines is 1. The van der Waals surface area contributed by atoms with Gasteiger partial charge in [-0.2, -0.15) is 5.10 Å². The summed E-state index contributed by atoms with van der Waals surface area (Å²) in [6.07, 6.45) is 1.11. The van der Waals surface area contributed by atoms with Crippen molar-refractivity contribution < 1.29 is 9.90 Å². The number of benzene rings is 1. The van der Waals surface area contributed by atoms with Gasteiger partial charge in [0.15, 0.2) is 5.82 Å². The topological polar surface area (TPSA) is 72.5 Å². The highest BCUT2D eigenvalue weighted by Gasteiger charge is 2.35. The number of aryl methyl sites for hydroxylation is 2. The van der Waals surface area contributed by atoms with Crippen molar-refractivity contribution >= 4 is 11.7 Å². The van der Waals surface area contributed by atoms with Gasteiger partial charge >= 0.3 is 0 Å². The molecule has 6 heteroatoms. The summed E-state index contributed by atoms with van der Waals surface area (Å²) >= 11 is 0. The lowest BCUT2D eigenvalue weighted by atomic mass is 9.95. The van der Waals surface area contributed by atoms with E-state index < -0.39 is 5.60 Å². The summed E-state index contributed by atoms with van der Waals surface area (Å²) in [6, 6.07) is 12.0. The van der Waals surface area contributed by atoms with E-state index in [-0.39, 0.29) is 5.91 Å². The fraction of sp³-hybridized carbons (Fsp3) is 0.474. The quantitative estimate of drug-likeness (QED) is 0.868. The molecule has 1 unspecified atom stereocenters. The summed E-state index contributed by atoms with van der Waals surface area (Å²) in [5.74, 6) is 0.738. The maximum Gasteiger partial charge on any atom is 0.254 e. The molecule has 0 spiro atoms. The highest BCUT2D eigenvalue weighted by atomic mass is 16.3. The van der Waals surface area contributed by atoms with Crippen LogP contribution in [0.5, 0.6) is 0 Å². The van der Waals surface area contributed by atoms with Crippen LogP contribution in [0.3, 0.4) is 0 Å². The molecule has 0 saturated carbocycles. The van der Waals surface area contributed by atoms with Crippen LogP contribution in [0.25, 0.3) is 0 Å². The smallest absolute Gasteiger partial charge is 0.254 e. The first-order chi connectivity index (χ1) is 12.0. The Morgan fingerprint density at radius 1 is 1.24 bits per heavy atom. The van der Waals surface area contributed by atoms with Gasteiger partial charge in [0, 0.05) is 37.9 Å². The van der Waals surface area contributed by atoms with Gasteiger partial charge in [-0.15, -0.1) is 0 Å². The standard InChI is InChI=1S/C19H26N4O2/c1-15-14-17(21-20-15)22-10-12-23(13-11-22)18(24)19(2,25)9-8-16-6-4-3-5-7-16/h3-7,14,25H,8-13H2,1-2H3,(H,20,21). The van der Waals surface area contributed by atoms with Crippen molar-refractivity contribution in [1.29, 1.82) is 0 Å². The fourth-order valence-corrected chi connectivity index (χ4v) is 3.18. The molecule has 25 heavy (non-hydrogen) atoms. The van der Waals surface area contributed by atoms with E-state index in [1.165, 1.54) is 0 Å². The second kappa shape index (κ2) is 7.27. The highest BCUT2D eigenvalue weighted by molar-refractivity contribution is 5.84. The van der Waals surface area contributed by atoms with Crippen LogP contribution in [0.4, 0.5) is 5.82 Å². The molecule has 0 radical (unpaired) electrons. The minimum Gasteiger partial charge on any atom is -0.380 e. The minimum absolute atomic E-state index is 0.179. The molecule has 1 atom stereocenters. The minimum atomic E-state index is -1.33. The molecule has 1 aromatic heterocycles. The highest BCUT2D eigenvalue weighted by Crippen LogP contribution is 2.20. The zero-order valence-electron chi connectivity index (χ0n) is 14.9. The summed E-state index contributed by atoms with van der Waals surface area (Å²) < 4.78 is 0. The number of hydrogen-bond acceptors (Lipinski definition) is 4. The molecule has 134 valence electrons. The molecule has 0 aliphatic carbocycles. The molecule has 3 rings (SSSR count). The SMILES string of the molecule is Cc1cc(N2CCN(C(=O)C(C)(O)CCc3ccccc3)CC2)n[nH]1. The van der Waals surface area contributed by atoms with E-state index in [1.54, 1.807) is 11.8 Å². The Morgan fingerprint density at radius 2 is 1.92 bits per heavy atom. The average molecular weight is 342 g/mol. The lowest BCUT2D eigenvalue weighted by Crippen LogP contribution is -2.55. The van der Waals surface area contributed by atoms with Gasteiger partial charge in [-0.05, 0) is 32.3 Å². The molecule has 2 N–H and O–H groups in total. The van der Waals surface area contributed by atoms with Crippen LogP contribution in [-0.2, 0) is 11.2 Å². The van der Waals surface area contributed by atoms with Gasteiger partial charge in [-0.25, -0.2) is 0 Å². The van der Waals surface area contributed by atoms with Crippen molar-refractivity contribution in [3.63, 3.8) is 0 Å². The van der Waals surface area contributed by atoms with Crippen molar-refractivity contribution in [2.75, 3.05) is 31.1 Å². The molecule has 1 saturated heterocycles. The first kappa shape index (κ1) is 17.5. The Morgan fingerprint density at radius 3 is 2.52 bits per heavy atom. The first-order valence-electron chi connectivity index (χ1n) is 8.78. The van der Waals surface area contributed by atoms with Crippen molar-refractivity contribution in [2.45, 2.75) is 32.3 Å². The normalized spacial score (nSPS) is 17.4. The Balaban J connectivity index is 1.54. The lowest BCUT2D eigenvalue weighted by Gasteiger charge is -2.38. The van der Waals surface area contributed by atoms with Crippen LogP contribution >= 0.6 is 0 Å².